The van der Waals surface area contributed by atoms with Gasteiger partial charge in [0, 0.05) is 12.6 Å². The average molecular weight is 569 g/mol. The number of benzene rings is 1. The summed E-state index contributed by atoms with van der Waals surface area (Å²) in [6.07, 6.45) is 0.916. The van der Waals surface area contributed by atoms with Crippen molar-refractivity contribution in [2.75, 3.05) is 6.54 Å². The second kappa shape index (κ2) is 12.0. The van der Waals surface area contributed by atoms with Gasteiger partial charge in [0.25, 0.3) is 5.91 Å². The summed E-state index contributed by atoms with van der Waals surface area (Å²) in [4.78, 5) is 29.9. The van der Waals surface area contributed by atoms with Gasteiger partial charge in [-0.3, -0.25) is 9.20 Å². The van der Waals surface area contributed by atoms with E-state index in [4.69, 9.17) is 9.47 Å². The second-order valence-corrected chi connectivity index (χ2v) is 10.4. The minimum Gasteiger partial charge on any atom is -0.485 e. The van der Waals surface area contributed by atoms with Crippen LogP contribution in [0.15, 0.2) is 30.5 Å². The van der Waals surface area contributed by atoms with Gasteiger partial charge in [0.2, 0.25) is 0 Å². The maximum Gasteiger partial charge on any atom is 0.408 e. The van der Waals surface area contributed by atoms with Crippen LogP contribution in [0.3, 0.4) is 0 Å². The Labute approximate surface area is 228 Å². The molecule has 13 heteroatoms. The molecule has 0 aliphatic rings. The molecular formula is C27H32F4N4O5. The SMILES string of the molecule is CCC(C)(CNC(=O)c1c(C)nc2c(OCc3c(F)cccc3F)cc(OC(F)F)cn12)NC(=O)OC(C)(C)C. The topological polar surface area (TPSA) is 103 Å². The Hall–Kier alpha value is -4.03. The van der Waals surface area contributed by atoms with Gasteiger partial charge < -0.3 is 24.8 Å². The molecule has 3 rings (SSSR count). The third kappa shape index (κ3) is 7.54. The van der Waals surface area contributed by atoms with Crippen LogP contribution < -0.4 is 20.1 Å². The Morgan fingerprint density at radius 1 is 1.12 bits per heavy atom. The van der Waals surface area contributed by atoms with Crippen LogP contribution in [0.4, 0.5) is 22.4 Å². The molecule has 0 fully saturated rings. The number of pyridine rings is 1. The smallest absolute Gasteiger partial charge is 0.408 e. The molecule has 0 aliphatic heterocycles. The van der Waals surface area contributed by atoms with Crippen molar-refractivity contribution in [3.05, 3.63) is 59.0 Å². The van der Waals surface area contributed by atoms with Gasteiger partial charge in [-0.05, 0) is 53.2 Å². The molecule has 2 aromatic heterocycles. The molecule has 40 heavy (non-hydrogen) atoms. The standard InChI is InChI=1S/C27H32F4N4O5/c1-7-27(6,34-25(37)40-26(3,4)5)14-32-23(36)21-15(2)33-22-20(11-16(12-35(21)22)39-24(30)31)38-13-17-18(28)9-8-10-19(17)29/h8-12,24H,7,13-14H2,1-6H3,(H,32,36)(H,34,37). The van der Waals surface area contributed by atoms with E-state index in [-0.39, 0.29) is 40.6 Å². The average Bonchev–Trinajstić information content (AvgIpc) is 3.16. The summed E-state index contributed by atoms with van der Waals surface area (Å²) in [5.41, 5.74) is -1.75. The third-order valence-electron chi connectivity index (χ3n) is 5.93. The lowest BCUT2D eigenvalue weighted by atomic mass is 9.99. The first kappa shape index (κ1) is 30.5. The Morgan fingerprint density at radius 3 is 2.35 bits per heavy atom. The minimum absolute atomic E-state index is 0.00259. The largest absolute Gasteiger partial charge is 0.485 e. The number of fused-ring (bicyclic) bond motifs is 1. The number of nitrogens with zero attached hydrogens (tertiary/aromatic N) is 2. The van der Waals surface area contributed by atoms with E-state index in [9.17, 15) is 27.2 Å². The zero-order valence-electron chi connectivity index (χ0n) is 23.0. The predicted molar refractivity (Wildman–Crippen MR) is 138 cm³/mol. The Morgan fingerprint density at radius 2 is 1.77 bits per heavy atom. The minimum atomic E-state index is -3.19. The molecule has 218 valence electrons. The van der Waals surface area contributed by atoms with Crippen LogP contribution in [0.25, 0.3) is 5.65 Å². The predicted octanol–water partition coefficient (Wildman–Crippen LogP) is 5.52. The molecule has 2 N–H and O–H groups in total. The highest BCUT2D eigenvalue weighted by molar-refractivity contribution is 5.95. The fourth-order valence-electron chi connectivity index (χ4n) is 3.74. The number of ether oxygens (including phenoxy) is 3. The van der Waals surface area contributed by atoms with E-state index >= 15 is 0 Å². The van der Waals surface area contributed by atoms with Gasteiger partial charge in [-0.2, -0.15) is 8.78 Å². The number of nitrogens with one attached hydrogen (secondary N) is 2. The third-order valence-corrected chi connectivity index (χ3v) is 5.93. The number of rotatable bonds is 10. The molecule has 0 spiro atoms. The number of hydrogen-bond donors (Lipinski definition) is 2. The lowest BCUT2D eigenvalue weighted by Crippen LogP contribution is -2.54. The van der Waals surface area contributed by atoms with E-state index in [1.165, 1.54) is 17.4 Å². The number of hydrogen-bond acceptors (Lipinski definition) is 6. The fourth-order valence-corrected chi connectivity index (χ4v) is 3.74. The number of halogens is 4. The molecule has 9 nitrogen and oxygen atoms in total. The van der Waals surface area contributed by atoms with Crippen molar-refractivity contribution >= 4 is 17.6 Å². The van der Waals surface area contributed by atoms with Crippen LogP contribution in [0.5, 0.6) is 11.5 Å². The summed E-state index contributed by atoms with van der Waals surface area (Å²) in [7, 11) is 0. The summed E-state index contributed by atoms with van der Waals surface area (Å²) in [6, 6.07) is 4.39. The lowest BCUT2D eigenvalue weighted by Gasteiger charge is -2.31. The summed E-state index contributed by atoms with van der Waals surface area (Å²) < 4.78 is 70.9. The van der Waals surface area contributed by atoms with Crippen molar-refractivity contribution in [1.82, 2.24) is 20.0 Å². The molecule has 0 saturated carbocycles. The molecule has 2 amide bonds. The first-order chi connectivity index (χ1) is 18.6. The van der Waals surface area contributed by atoms with E-state index in [1.807, 2.05) is 6.92 Å². The Bertz CT molecular complexity index is 1370. The van der Waals surface area contributed by atoms with E-state index in [0.717, 1.165) is 24.4 Å². The second-order valence-electron chi connectivity index (χ2n) is 10.4. The monoisotopic (exact) mass is 568 g/mol. The van der Waals surface area contributed by atoms with Crippen molar-refractivity contribution in [2.24, 2.45) is 0 Å². The van der Waals surface area contributed by atoms with E-state index < -0.39 is 48.0 Å². The number of alkyl halides is 2. The molecule has 0 saturated heterocycles. The van der Waals surface area contributed by atoms with Crippen molar-refractivity contribution in [2.45, 2.75) is 72.3 Å². The molecule has 1 aromatic carbocycles. The highest BCUT2D eigenvalue weighted by Gasteiger charge is 2.29. The first-order valence-corrected chi connectivity index (χ1v) is 12.4. The molecule has 0 aliphatic carbocycles. The van der Waals surface area contributed by atoms with Gasteiger partial charge in [0.1, 0.15) is 35.3 Å². The number of carbonyl (C=O) groups excluding carboxylic acids is 2. The van der Waals surface area contributed by atoms with Gasteiger partial charge in [0.15, 0.2) is 11.4 Å². The van der Waals surface area contributed by atoms with Crippen molar-refractivity contribution in [3.8, 4) is 11.5 Å². The van der Waals surface area contributed by atoms with Crippen molar-refractivity contribution in [1.29, 1.82) is 0 Å². The summed E-state index contributed by atoms with van der Waals surface area (Å²) in [5, 5.41) is 5.48. The highest BCUT2D eigenvalue weighted by atomic mass is 19.3. The maximum absolute atomic E-state index is 14.1. The van der Waals surface area contributed by atoms with Crippen LogP contribution >= 0.6 is 0 Å². The fraction of sp³-hybridized carbons (Fsp3) is 0.444. The van der Waals surface area contributed by atoms with E-state index in [0.29, 0.717) is 6.42 Å². The van der Waals surface area contributed by atoms with Crippen LogP contribution in [0.1, 0.15) is 62.8 Å². The summed E-state index contributed by atoms with van der Waals surface area (Å²) in [6.45, 7) is 6.46. The van der Waals surface area contributed by atoms with Crippen molar-refractivity contribution in [3.63, 3.8) is 0 Å². The number of aryl methyl sites for hydroxylation is 1. The lowest BCUT2D eigenvalue weighted by molar-refractivity contribution is -0.0502. The molecule has 0 bridgehead atoms. The number of amides is 2. The Kier molecular flexibility index (Phi) is 9.16. The number of imidazole rings is 1. The molecule has 1 atom stereocenters. The summed E-state index contributed by atoms with van der Waals surface area (Å²) in [5.74, 6) is -2.85. The van der Waals surface area contributed by atoms with Crippen LogP contribution in [-0.4, -0.2) is 45.7 Å². The van der Waals surface area contributed by atoms with Crippen LogP contribution in [0.2, 0.25) is 0 Å². The molecular weight excluding hydrogens is 536 g/mol. The van der Waals surface area contributed by atoms with Gasteiger partial charge in [-0.1, -0.05) is 13.0 Å². The Balaban J connectivity index is 1.91. The zero-order valence-corrected chi connectivity index (χ0v) is 23.0. The van der Waals surface area contributed by atoms with Crippen LogP contribution in [-0.2, 0) is 11.3 Å². The maximum atomic E-state index is 14.1. The summed E-state index contributed by atoms with van der Waals surface area (Å²) >= 11 is 0. The van der Waals surface area contributed by atoms with Gasteiger partial charge in [-0.15, -0.1) is 0 Å². The first-order valence-electron chi connectivity index (χ1n) is 12.4. The van der Waals surface area contributed by atoms with Gasteiger partial charge >= 0.3 is 12.7 Å². The normalized spacial score (nSPS) is 13.2. The van der Waals surface area contributed by atoms with Crippen LogP contribution in [0, 0.1) is 18.6 Å². The number of alkyl carbamates (subject to hydrolysis) is 1. The quantitative estimate of drug-likeness (QED) is 0.312. The molecule has 3 aromatic rings. The zero-order chi connectivity index (χ0) is 29.8. The number of carbonyl (C=O) groups is 2. The van der Waals surface area contributed by atoms with Gasteiger partial charge in [0.05, 0.1) is 23.0 Å². The molecule has 0 radical (unpaired) electrons. The number of aromatic nitrogens is 2. The van der Waals surface area contributed by atoms with E-state index in [2.05, 4.69) is 20.4 Å². The van der Waals surface area contributed by atoms with Gasteiger partial charge in [-0.25, -0.2) is 18.6 Å². The van der Waals surface area contributed by atoms with Crippen molar-refractivity contribution < 1.29 is 41.4 Å². The molecule has 2 heterocycles. The molecule has 1 unspecified atom stereocenters. The van der Waals surface area contributed by atoms with E-state index in [1.54, 1.807) is 27.7 Å². The highest BCUT2D eigenvalue weighted by Crippen LogP contribution is 2.30.